The minimum Gasteiger partial charge on any atom is -0.472 e. The van der Waals surface area contributed by atoms with E-state index in [1.807, 2.05) is 6.07 Å². The fraction of sp³-hybridized carbons (Fsp3) is 0. The summed E-state index contributed by atoms with van der Waals surface area (Å²) in [4.78, 5) is 20.8. The number of hydrogen-bond donors (Lipinski definition) is 3. The number of nitrogen functional groups attached to an aromatic ring is 1. The average molecular weight is 363 g/mol. The lowest BCUT2D eigenvalue weighted by Crippen LogP contribution is -2.13. The number of hydrogen-bond acceptors (Lipinski definition) is 7. The highest BCUT2D eigenvalue weighted by molar-refractivity contribution is 7.20. The average Bonchev–Trinajstić information content (AvgIpc) is 3.32. The molecule has 0 aliphatic carbocycles. The van der Waals surface area contributed by atoms with Crippen molar-refractivity contribution in [2.24, 2.45) is 0 Å². The zero-order valence-electron chi connectivity index (χ0n) is 13.4. The van der Waals surface area contributed by atoms with Crippen LogP contribution in [0.25, 0.3) is 10.2 Å². The van der Waals surface area contributed by atoms with Gasteiger partial charge in [-0.25, -0.2) is 4.98 Å². The first-order valence-corrected chi connectivity index (χ1v) is 8.46. The Morgan fingerprint density at radius 3 is 2.92 bits per heavy atom. The van der Waals surface area contributed by atoms with E-state index in [4.69, 9.17) is 15.6 Å². The number of amides is 1. The number of thiazole rings is 1. The van der Waals surface area contributed by atoms with Gasteiger partial charge in [-0.1, -0.05) is 0 Å². The molecule has 0 spiro atoms. The van der Waals surface area contributed by atoms with Crippen LogP contribution in [0.4, 0.5) is 11.4 Å². The largest absolute Gasteiger partial charge is 0.472 e. The van der Waals surface area contributed by atoms with E-state index in [-0.39, 0.29) is 11.6 Å². The second-order valence-electron chi connectivity index (χ2n) is 5.51. The number of nitrogens with two attached hydrogens (primary N) is 1. The van der Waals surface area contributed by atoms with Crippen molar-refractivity contribution < 1.29 is 9.21 Å². The van der Waals surface area contributed by atoms with Gasteiger partial charge in [-0.3, -0.25) is 15.2 Å². The Labute approximate surface area is 152 Å². The molecule has 8 heteroatoms. The Bertz CT molecular complexity index is 1080. The predicted molar refractivity (Wildman–Crippen MR) is 101 cm³/mol. The molecule has 128 valence electrons. The van der Waals surface area contributed by atoms with Crippen molar-refractivity contribution in [2.75, 3.05) is 11.1 Å². The maximum Gasteiger partial charge on any atom is 0.284 e. The highest BCUT2D eigenvalue weighted by Gasteiger charge is 2.15. The van der Waals surface area contributed by atoms with Crippen LogP contribution in [0.2, 0.25) is 0 Å². The van der Waals surface area contributed by atoms with Crippen LogP contribution in [-0.2, 0) is 0 Å². The molecular formula is C18H13N5O2S. The summed E-state index contributed by atoms with van der Waals surface area (Å²) >= 11 is 1.29. The number of nitrogens with one attached hydrogen (secondary N) is 2. The predicted octanol–water partition coefficient (Wildman–Crippen LogP) is 3.53. The van der Waals surface area contributed by atoms with Crippen molar-refractivity contribution in [2.45, 2.75) is 0 Å². The van der Waals surface area contributed by atoms with Gasteiger partial charge >= 0.3 is 0 Å². The number of furan rings is 1. The molecule has 3 aromatic heterocycles. The van der Waals surface area contributed by atoms with Crippen molar-refractivity contribution in [3.05, 3.63) is 71.4 Å². The summed E-state index contributed by atoms with van der Waals surface area (Å²) in [6, 6.07) is 8.51. The number of carbonyl (C=O) groups excluding carboxylic acids is 1. The number of carbonyl (C=O) groups is 1. The zero-order chi connectivity index (χ0) is 18.1. The second kappa shape index (κ2) is 6.41. The molecule has 7 nitrogen and oxygen atoms in total. The van der Waals surface area contributed by atoms with E-state index in [0.29, 0.717) is 33.0 Å². The topological polar surface area (TPSA) is 118 Å². The molecule has 0 unspecified atom stereocenters. The SMILES string of the molecule is N=C(c1ccoc1)c1cc(NC(=O)c2nc3cnccc3s2)ccc1N. The summed E-state index contributed by atoms with van der Waals surface area (Å²) in [7, 11) is 0. The van der Waals surface area contributed by atoms with E-state index < -0.39 is 0 Å². The molecule has 0 radical (unpaired) electrons. The Kier molecular flexibility index (Phi) is 3.94. The molecular weight excluding hydrogens is 350 g/mol. The van der Waals surface area contributed by atoms with Crippen molar-refractivity contribution >= 4 is 44.5 Å². The van der Waals surface area contributed by atoms with Crippen LogP contribution in [0.1, 0.15) is 20.9 Å². The maximum absolute atomic E-state index is 12.5. The first-order chi connectivity index (χ1) is 12.6. The van der Waals surface area contributed by atoms with Gasteiger partial charge in [0.15, 0.2) is 5.01 Å². The first-order valence-electron chi connectivity index (χ1n) is 7.65. The first kappa shape index (κ1) is 16.0. The van der Waals surface area contributed by atoms with Gasteiger partial charge in [0.05, 0.1) is 29.1 Å². The maximum atomic E-state index is 12.5. The smallest absolute Gasteiger partial charge is 0.284 e. The minimum atomic E-state index is -0.322. The summed E-state index contributed by atoms with van der Waals surface area (Å²) in [5, 5.41) is 11.4. The normalized spacial score (nSPS) is 10.8. The molecule has 0 saturated heterocycles. The molecule has 0 aliphatic heterocycles. The molecule has 0 atom stereocenters. The van der Waals surface area contributed by atoms with E-state index in [9.17, 15) is 4.79 Å². The van der Waals surface area contributed by atoms with Crippen molar-refractivity contribution in [1.82, 2.24) is 9.97 Å². The molecule has 4 N–H and O–H groups in total. The highest BCUT2D eigenvalue weighted by atomic mass is 32.1. The van der Waals surface area contributed by atoms with E-state index in [0.717, 1.165) is 4.70 Å². The van der Waals surface area contributed by atoms with Gasteiger partial charge in [0.2, 0.25) is 0 Å². The van der Waals surface area contributed by atoms with Crippen LogP contribution in [0.3, 0.4) is 0 Å². The molecule has 26 heavy (non-hydrogen) atoms. The summed E-state index contributed by atoms with van der Waals surface area (Å²) in [6.07, 6.45) is 6.25. The van der Waals surface area contributed by atoms with Crippen LogP contribution in [-0.4, -0.2) is 21.6 Å². The lowest BCUT2D eigenvalue weighted by atomic mass is 10.0. The third-order valence-corrected chi connectivity index (χ3v) is 4.81. The fourth-order valence-corrected chi connectivity index (χ4v) is 3.30. The number of fused-ring (bicyclic) bond motifs is 1. The Hall–Kier alpha value is -3.52. The van der Waals surface area contributed by atoms with Gasteiger partial charge in [0, 0.05) is 28.7 Å². The van der Waals surface area contributed by atoms with Gasteiger partial charge in [-0.05, 0) is 30.3 Å². The van der Waals surface area contributed by atoms with Crippen LogP contribution in [0.15, 0.2) is 59.7 Å². The molecule has 0 aliphatic rings. The molecule has 1 aromatic carbocycles. The second-order valence-corrected chi connectivity index (χ2v) is 6.54. The minimum absolute atomic E-state index is 0.221. The van der Waals surface area contributed by atoms with E-state index in [1.165, 1.54) is 23.9 Å². The van der Waals surface area contributed by atoms with Gasteiger partial charge in [-0.2, -0.15) is 0 Å². The Balaban J connectivity index is 1.61. The summed E-state index contributed by atoms with van der Waals surface area (Å²) < 4.78 is 5.91. The van der Waals surface area contributed by atoms with E-state index in [2.05, 4.69) is 15.3 Å². The third-order valence-electron chi connectivity index (χ3n) is 3.77. The number of nitrogens with zero attached hydrogens (tertiary/aromatic N) is 2. The standard InChI is InChI=1S/C18H13N5O2S/c19-13-2-1-11(7-12(13)16(20)10-4-6-25-9-10)22-17(24)18-23-14-8-21-5-3-15(14)26-18/h1-9,20H,19H2,(H,22,24). The molecule has 3 heterocycles. The molecule has 0 saturated carbocycles. The van der Waals surface area contributed by atoms with Gasteiger partial charge in [-0.15, -0.1) is 11.3 Å². The molecule has 4 rings (SSSR count). The molecule has 0 bridgehead atoms. The van der Waals surface area contributed by atoms with Crippen molar-refractivity contribution in [3.8, 4) is 0 Å². The monoisotopic (exact) mass is 363 g/mol. The van der Waals surface area contributed by atoms with Crippen molar-refractivity contribution in [3.63, 3.8) is 0 Å². The van der Waals surface area contributed by atoms with Crippen LogP contribution >= 0.6 is 11.3 Å². The number of benzene rings is 1. The number of pyridine rings is 1. The summed E-state index contributed by atoms with van der Waals surface area (Å²) in [6.45, 7) is 0. The van der Waals surface area contributed by atoms with E-state index >= 15 is 0 Å². The number of aromatic nitrogens is 2. The molecule has 1 amide bonds. The molecule has 4 aromatic rings. The Morgan fingerprint density at radius 1 is 1.27 bits per heavy atom. The Morgan fingerprint density at radius 2 is 2.15 bits per heavy atom. The lowest BCUT2D eigenvalue weighted by Gasteiger charge is -2.09. The number of rotatable bonds is 4. The van der Waals surface area contributed by atoms with Gasteiger partial charge in [0.25, 0.3) is 5.91 Å². The fourth-order valence-electron chi connectivity index (χ4n) is 2.47. The van der Waals surface area contributed by atoms with E-state index in [1.54, 1.807) is 36.7 Å². The number of anilines is 2. The zero-order valence-corrected chi connectivity index (χ0v) is 14.2. The lowest BCUT2D eigenvalue weighted by molar-refractivity contribution is 0.102. The van der Waals surface area contributed by atoms with Crippen LogP contribution in [0, 0.1) is 5.41 Å². The van der Waals surface area contributed by atoms with Gasteiger partial charge in [0.1, 0.15) is 5.52 Å². The molecule has 0 fully saturated rings. The van der Waals surface area contributed by atoms with Crippen LogP contribution < -0.4 is 11.1 Å². The third kappa shape index (κ3) is 2.93. The summed E-state index contributed by atoms with van der Waals surface area (Å²) in [5.41, 5.74) is 8.99. The highest BCUT2D eigenvalue weighted by Crippen LogP contribution is 2.24. The van der Waals surface area contributed by atoms with Crippen molar-refractivity contribution in [1.29, 1.82) is 5.41 Å². The summed E-state index contributed by atoms with van der Waals surface area (Å²) in [5.74, 6) is -0.322. The quantitative estimate of drug-likeness (QED) is 0.379. The van der Waals surface area contributed by atoms with Crippen LogP contribution in [0.5, 0.6) is 0 Å². The van der Waals surface area contributed by atoms with Gasteiger partial charge < -0.3 is 15.5 Å².